The van der Waals surface area contributed by atoms with Gasteiger partial charge in [0.05, 0.1) is 6.54 Å². The van der Waals surface area contributed by atoms with Crippen molar-refractivity contribution in [3.63, 3.8) is 0 Å². The summed E-state index contributed by atoms with van der Waals surface area (Å²) in [7, 11) is 0. The molecule has 0 saturated heterocycles. The van der Waals surface area contributed by atoms with Crippen molar-refractivity contribution < 1.29 is 0 Å². The molecule has 1 rings (SSSR count). The van der Waals surface area contributed by atoms with Gasteiger partial charge in [0.2, 0.25) is 0 Å². The highest BCUT2D eigenvalue weighted by Crippen LogP contribution is 1.97. The Morgan fingerprint density at radius 2 is 2.57 bits per heavy atom. The standard InChI is InChI=1S/C5H10N2/c6-5-2-1-3-7-4-5/h3,5H,1-2,4,6H2. The highest BCUT2D eigenvalue weighted by atomic mass is 14.8. The number of nitrogens with zero attached hydrogens (tertiary/aromatic N) is 1. The Kier molecular flexibility index (Phi) is 1.42. The summed E-state index contributed by atoms with van der Waals surface area (Å²) in [5.74, 6) is 0. The van der Waals surface area contributed by atoms with E-state index in [1.807, 2.05) is 6.21 Å². The summed E-state index contributed by atoms with van der Waals surface area (Å²) in [4.78, 5) is 4.01. The molecule has 0 radical (unpaired) electrons. The number of aliphatic imine (C=N–C) groups is 1. The van der Waals surface area contributed by atoms with Gasteiger partial charge in [-0.1, -0.05) is 0 Å². The lowest BCUT2D eigenvalue weighted by Crippen LogP contribution is -2.25. The molecular weight excluding hydrogens is 88.1 g/mol. The number of hydrogen-bond donors (Lipinski definition) is 1. The molecule has 1 heterocycles. The lowest BCUT2D eigenvalue weighted by molar-refractivity contribution is 0.622. The van der Waals surface area contributed by atoms with Crippen molar-refractivity contribution in [2.45, 2.75) is 18.9 Å². The minimum Gasteiger partial charge on any atom is -0.326 e. The van der Waals surface area contributed by atoms with E-state index in [2.05, 4.69) is 4.99 Å². The van der Waals surface area contributed by atoms with Gasteiger partial charge in [-0.3, -0.25) is 4.99 Å². The Balaban J connectivity index is 2.32. The molecular formula is C5H10N2. The van der Waals surface area contributed by atoms with Crippen LogP contribution in [0.1, 0.15) is 12.8 Å². The first-order chi connectivity index (χ1) is 3.39. The molecule has 0 aromatic heterocycles. The van der Waals surface area contributed by atoms with Crippen molar-refractivity contribution in [1.29, 1.82) is 0 Å². The Bertz CT molecular complexity index is 78.1. The average Bonchev–Trinajstić information content (AvgIpc) is 1.69. The Hall–Kier alpha value is -0.370. The van der Waals surface area contributed by atoms with Gasteiger partial charge in [-0.25, -0.2) is 0 Å². The molecule has 0 amide bonds. The van der Waals surface area contributed by atoms with E-state index in [-0.39, 0.29) is 0 Å². The fraction of sp³-hybridized carbons (Fsp3) is 0.800. The van der Waals surface area contributed by atoms with Gasteiger partial charge in [0.25, 0.3) is 0 Å². The quantitative estimate of drug-likeness (QED) is 0.461. The second-order valence-corrected chi connectivity index (χ2v) is 1.89. The lowest BCUT2D eigenvalue weighted by atomic mass is 10.1. The minimum absolute atomic E-state index is 0.338. The van der Waals surface area contributed by atoms with E-state index in [1.165, 1.54) is 0 Å². The topological polar surface area (TPSA) is 38.4 Å². The minimum atomic E-state index is 0.338. The van der Waals surface area contributed by atoms with E-state index in [0.717, 1.165) is 19.4 Å². The molecule has 0 aromatic carbocycles. The van der Waals surface area contributed by atoms with Crippen LogP contribution in [0.2, 0.25) is 0 Å². The van der Waals surface area contributed by atoms with Crippen LogP contribution in [-0.2, 0) is 0 Å². The van der Waals surface area contributed by atoms with Crippen molar-refractivity contribution >= 4 is 6.21 Å². The molecule has 2 nitrogen and oxygen atoms in total. The Labute approximate surface area is 43.4 Å². The smallest absolute Gasteiger partial charge is 0.0537 e. The van der Waals surface area contributed by atoms with Gasteiger partial charge in [-0.15, -0.1) is 0 Å². The first kappa shape index (κ1) is 4.78. The van der Waals surface area contributed by atoms with Gasteiger partial charge < -0.3 is 5.73 Å². The van der Waals surface area contributed by atoms with Crippen LogP contribution in [0.3, 0.4) is 0 Å². The third-order valence-corrected chi connectivity index (χ3v) is 1.14. The van der Waals surface area contributed by atoms with Crippen molar-refractivity contribution in [3.8, 4) is 0 Å². The average molecular weight is 98.1 g/mol. The maximum Gasteiger partial charge on any atom is 0.0537 e. The fourth-order valence-corrected chi connectivity index (χ4v) is 0.681. The van der Waals surface area contributed by atoms with E-state index in [0.29, 0.717) is 6.04 Å². The van der Waals surface area contributed by atoms with Gasteiger partial charge in [0.1, 0.15) is 0 Å². The molecule has 2 heteroatoms. The summed E-state index contributed by atoms with van der Waals surface area (Å²) in [5.41, 5.74) is 5.52. The molecule has 0 aliphatic carbocycles. The summed E-state index contributed by atoms with van der Waals surface area (Å²) in [6.45, 7) is 0.833. The second-order valence-electron chi connectivity index (χ2n) is 1.89. The van der Waals surface area contributed by atoms with Gasteiger partial charge in [0, 0.05) is 6.04 Å². The van der Waals surface area contributed by atoms with E-state index in [9.17, 15) is 0 Å². The summed E-state index contributed by atoms with van der Waals surface area (Å²) in [6, 6.07) is 0.338. The first-order valence-corrected chi connectivity index (χ1v) is 2.63. The predicted octanol–water partition coefficient (Wildman–Crippen LogP) is 0.178. The molecule has 1 aliphatic rings. The Morgan fingerprint density at radius 1 is 1.71 bits per heavy atom. The molecule has 0 bridgehead atoms. The summed E-state index contributed by atoms with van der Waals surface area (Å²) in [6.07, 6.45) is 4.13. The molecule has 1 atom stereocenters. The van der Waals surface area contributed by atoms with Crippen molar-refractivity contribution in [3.05, 3.63) is 0 Å². The third-order valence-electron chi connectivity index (χ3n) is 1.14. The van der Waals surface area contributed by atoms with Gasteiger partial charge in [-0.2, -0.15) is 0 Å². The highest BCUT2D eigenvalue weighted by molar-refractivity contribution is 5.58. The molecule has 0 saturated carbocycles. The Morgan fingerprint density at radius 3 is 2.86 bits per heavy atom. The van der Waals surface area contributed by atoms with E-state index < -0.39 is 0 Å². The highest BCUT2D eigenvalue weighted by Gasteiger charge is 2.01. The van der Waals surface area contributed by atoms with Crippen LogP contribution in [0.15, 0.2) is 4.99 Å². The summed E-state index contributed by atoms with van der Waals surface area (Å²) < 4.78 is 0. The van der Waals surface area contributed by atoms with Crippen LogP contribution in [0.25, 0.3) is 0 Å². The predicted molar refractivity (Wildman–Crippen MR) is 30.6 cm³/mol. The van der Waals surface area contributed by atoms with Gasteiger partial charge >= 0.3 is 0 Å². The zero-order chi connectivity index (χ0) is 5.11. The molecule has 1 aliphatic heterocycles. The summed E-state index contributed by atoms with van der Waals surface area (Å²) in [5, 5.41) is 0. The molecule has 0 fully saturated rings. The van der Waals surface area contributed by atoms with E-state index in [4.69, 9.17) is 5.73 Å². The van der Waals surface area contributed by atoms with Crippen LogP contribution in [0.5, 0.6) is 0 Å². The lowest BCUT2D eigenvalue weighted by Gasteiger charge is -2.09. The molecule has 0 spiro atoms. The molecule has 7 heavy (non-hydrogen) atoms. The van der Waals surface area contributed by atoms with E-state index in [1.54, 1.807) is 0 Å². The summed E-state index contributed by atoms with van der Waals surface area (Å²) >= 11 is 0. The third kappa shape index (κ3) is 1.27. The van der Waals surface area contributed by atoms with Crippen LogP contribution >= 0.6 is 0 Å². The second kappa shape index (κ2) is 2.07. The number of nitrogens with two attached hydrogens (primary N) is 1. The van der Waals surface area contributed by atoms with Crippen molar-refractivity contribution in [2.24, 2.45) is 10.7 Å². The maximum atomic E-state index is 5.52. The SMILES string of the molecule is NC1CCC=NC1. The molecule has 2 N–H and O–H groups in total. The number of rotatable bonds is 0. The van der Waals surface area contributed by atoms with Gasteiger partial charge in [0.15, 0.2) is 0 Å². The number of hydrogen-bond acceptors (Lipinski definition) is 2. The zero-order valence-corrected chi connectivity index (χ0v) is 4.30. The van der Waals surface area contributed by atoms with Crippen LogP contribution < -0.4 is 5.73 Å². The van der Waals surface area contributed by atoms with Gasteiger partial charge in [-0.05, 0) is 19.1 Å². The van der Waals surface area contributed by atoms with E-state index >= 15 is 0 Å². The van der Waals surface area contributed by atoms with Crippen LogP contribution in [-0.4, -0.2) is 18.8 Å². The molecule has 1 unspecified atom stereocenters. The molecule has 40 valence electrons. The normalized spacial score (nSPS) is 30.7. The van der Waals surface area contributed by atoms with Crippen molar-refractivity contribution in [2.75, 3.05) is 6.54 Å². The first-order valence-electron chi connectivity index (χ1n) is 2.63. The zero-order valence-electron chi connectivity index (χ0n) is 4.30. The van der Waals surface area contributed by atoms with Crippen LogP contribution in [0.4, 0.5) is 0 Å². The monoisotopic (exact) mass is 98.1 g/mol. The van der Waals surface area contributed by atoms with Crippen molar-refractivity contribution in [1.82, 2.24) is 0 Å². The van der Waals surface area contributed by atoms with Crippen LogP contribution in [0, 0.1) is 0 Å². The largest absolute Gasteiger partial charge is 0.326 e. The fourth-order valence-electron chi connectivity index (χ4n) is 0.681. The molecule has 0 aromatic rings. The maximum absolute atomic E-state index is 5.52.